The summed E-state index contributed by atoms with van der Waals surface area (Å²) in [5.41, 5.74) is 1.70. The van der Waals surface area contributed by atoms with Gasteiger partial charge in [0.25, 0.3) is 0 Å². The zero-order valence-electron chi connectivity index (χ0n) is 10.3. The van der Waals surface area contributed by atoms with Gasteiger partial charge in [-0.1, -0.05) is 6.07 Å². The van der Waals surface area contributed by atoms with Crippen LogP contribution in [0.1, 0.15) is 24.4 Å². The molecule has 1 heterocycles. The summed E-state index contributed by atoms with van der Waals surface area (Å²) in [5.74, 6) is -0.817. The van der Waals surface area contributed by atoms with E-state index in [9.17, 15) is 4.79 Å². The molecule has 0 saturated carbocycles. The Morgan fingerprint density at radius 3 is 2.94 bits per heavy atom. The molecule has 0 saturated heterocycles. The number of nitrogens with zero attached hydrogens (tertiary/aromatic N) is 1. The van der Waals surface area contributed by atoms with Crippen molar-refractivity contribution in [3.63, 3.8) is 0 Å². The predicted octanol–water partition coefficient (Wildman–Crippen LogP) is 2.85. The first-order valence-corrected chi connectivity index (χ1v) is 6.58. The third-order valence-electron chi connectivity index (χ3n) is 2.39. The van der Waals surface area contributed by atoms with E-state index in [4.69, 9.17) is 9.84 Å². The maximum atomic E-state index is 10.7. The van der Waals surface area contributed by atoms with Gasteiger partial charge in [0.05, 0.1) is 29.3 Å². The van der Waals surface area contributed by atoms with Gasteiger partial charge in [-0.2, -0.15) is 0 Å². The van der Waals surface area contributed by atoms with Gasteiger partial charge in [-0.15, -0.1) is 11.3 Å². The lowest BCUT2D eigenvalue weighted by atomic mass is 10.1. The minimum atomic E-state index is -0.817. The van der Waals surface area contributed by atoms with Crippen LogP contribution >= 0.6 is 11.3 Å². The van der Waals surface area contributed by atoms with Crippen LogP contribution in [0.5, 0.6) is 0 Å². The Morgan fingerprint density at radius 2 is 2.28 bits per heavy atom. The molecule has 96 valence electrons. The number of benzene rings is 1. The highest BCUT2D eigenvalue weighted by atomic mass is 32.1. The van der Waals surface area contributed by atoms with Gasteiger partial charge in [0.15, 0.2) is 0 Å². The Bertz CT molecular complexity index is 562. The summed E-state index contributed by atoms with van der Waals surface area (Å²) in [6, 6.07) is 5.56. The van der Waals surface area contributed by atoms with E-state index >= 15 is 0 Å². The summed E-state index contributed by atoms with van der Waals surface area (Å²) in [6.07, 6.45) is 0.227. The fourth-order valence-corrected chi connectivity index (χ4v) is 2.55. The van der Waals surface area contributed by atoms with Crippen LogP contribution in [-0.2, 0) is 22.6 Å². The number of aromatic nitrogens is 1. The molecule has 1 N–H and O–H groups in total. The Labute approximate surface area is 109 Å². The van der Waals surface area contributed by atoms with Crippen molar-refractivity contribution in [3.8, 4) is 0 Å². The molecule has 0 amide bonds. The van der Waals surface area contributed by atoms with Crippen molar-refractivity contribution in [1.82, 2.24) is 4.98 Å². The third kappa shape index (κ3) is 3.27. The topological polar surface area (TPSA) is 59.4 Å². The van der Waals surface area contributed by atoms with Crippen molar-refractivity contribution < 1.29 is 14.6 Å². The Kier molecular flexibility index (Phi) is 3.93. The molecule has 0 radical (unpaired) electrons. The number of aliphatic carboxylic acids is 1. The van der Waals surface area contributed by atoms with Gasteiger partial charge < -0.3 is 9.84 Å². The van der Waals surface area contributed by atoms with Crippen LogP contribution in [0.2, 0.25) is 0 Å². The lowest BCUT2D eigenvalue weighted by Crippen LogP contribution is -2.01. The molecule has 2 aromatic rings. The molecule has 0 bridgehead atoms. The summed E-state index contributed by atoms with van der Waals surface area (Å²) in [6.45, 7) is 4.47. The van der Waals surface area contributed by atoms with E-state index in [1.165, 1.54) is 0 Å². The van der Waals surface area contributed by atoms with E-state index in [0.717, 1.165) is 20.8 Å². The van der Waals surface area contributed by atoms with Crippen molar-refractivity contribution in [2.45, 2.75) is 33.0 Å². The van der Waals surface area contributed by atoms with E-state index in [-0.39, 0.29) is 12.5 Å². The summed E-state index contributed by atoms with van der Waals surface area (Å²) < 4.78 is 6.52. The van der Waals surface area contributed by atoms with Crippen LogP contribution < -0.4 is 0 Å². The summed E-state index contributed by atoms with van der Waals surface area (Å²) in [4.78, 5) is 15.1. The average molecular weight is 265 g/mol. The zero-order valence-corrected chi connectivity index (χ0v) is 11.2. The third-order valence-corrected chi connectivity index (χ3v) is 3.38. The van der Waals surface area contributed by atoms with Crippen LogP contribution in [0, 0.1) is 0 Å². The van der Waals surface area contributed by atoms with Crippen LogP contribution in [0.4, 0.5) is 0 Å². The summed E-state index contributed by atoms with van der Waals surface area (Å²) in [5, 5.41) is 9.68. The van der Waals surface area contributed by atoms with Crippen molar-refractivity contribution in [3.05, 3.63) is 28.8 Å². The quantitative estimate of drug-likeness (QED) is 0.903. The van der Waals surface area contributed by atoms with Gasteiger partial charge in [-0.25, -0.2) is 4.98 Å². The first-order chi connectivity index (χ1) is 8.54. The largest absolute Gasteiger partial charge is 0.481 e. The second-order valence-electron chi connectivity index (χ2n) is 4.34. The molecule has 0 aliphatic carbocycles. The Balaban J connectivity index is 2.19. The highest BCUT2D eigenvalue weighted by Crippen LogP contribution is 2.24. The van der Waals surface area contributed by atoms with E-state index < -0.39 is 5.97 Å². The van der Waals surface area contributed by atoms with Crippen molar-refractivity contribution in [1.29, 1.82) is 0 Å². The van der Waals surface area contributed by atoms with Gasteiger partial charge in [0.1, 0.15) is 5.01 Å². The molecule has 1 aromatic heterocycles. The average Bonchev–Trinajstić information content (AvgIpc) is 2.67. The number of carboxylic acid groups (broad SMARTS) is 1. The number of ether oxygens (including phenoxy) is 1. The normalized spacial score (nSPS) is 11.3. The predicted molar refractivity (Wildman–Crippen MR) is 70.9 cm³/mol. The monoisotopic (exact) mass is 265 g/mol. The van der Waals surface area contributed by atoms with Crippen molar-refractivity contribution in [2.75, 3.05) is 0 Å². The standard InChI is InChI=1S/C13H15NO3S/c1-8(2)17-7-12-14-10-4-3-9(6-13(15)16)5-11(10)18-12/h3-5,8H,6-7H2,1-2H3,(H,15,16). The number of fused-ring (bicyclic) bond motifs is 1. The van der Waals surface area contributed by atoms with Gasteiger partial charge in [0.2, 0.25) is 0 Å². The van der Waals surface area contributed by atoms with E-state index in [0.29, 0.717) is 6.61 Å². The minimum Gasteiger partial charge on any atom is -0.481 e. The van der Waals surface area contributed by atoms with Crippen LogP contribution in [0.25, 0.3) is 10.2 Å². The van der Waals surface area contributed by atoms with Crippen molar-refractivity contribution in [2.24, 2.45) is 0 Å². The van der Waals surface area contributed by atoms with E-state index in [1.807, 2.05) is 32.0 Å². The summed E-state index contributed by atoms with van der Waals surface area (Å²) in [7, 11) is 0. The van der Waals surface area contributed by atoms with E-state index in [2.05, 4.69) is 4.98 Å². The smallest absolute Gasteiger partial charge is 0.307 e. The van der Waals surface area contributed by atoms with Crippen LogP contribution in [0.15, 0.2) is 18.2 Å². The molecule has 0 spiro atoms. The summed E-state index contributed by atoms with van der Waals surface area (Å²) >= 11 is 1.55. The second kappa shape index (κ2) is 5.46. The first-order valence-electron chi connectivity index (χ1n) is 5.76. The first kappa shape index (κ1) is 13.0. The molecular formula is C13H15NO3S. The number of hydrogen-bond acceptors (Lipinski definition) is 4. The maximum Gasteiger partial charge on any atom is 0.307 e. The van der Waals surface area contributed by atoms with Crippen LogP contribution in [-0.4, -0.2) is 22.2 Å². The molecule has 0 aliphatic heterocycles. The van der Waals surface area contributed by atoms with Gasteiger partial charge >= 0.3 is 5.97 Å². The molecule has 2 rings (SSSR count). The lowest BCUT2D eigenvalue weighted by molar-refractivity contribution is -0.136. The maximum absolute atomic E-state index is 10.7. The molecule has 4 nitrogen and oxygen atoms in total. The molecule has 1 aromatic carbocycles. The molecule has 0 atom stereocenters. The molecule has 0 fully saturated rings. The molecule has 18 heavy (non-hydrogen) atoms. The second-order valence-corrected chi connectivity index (χ2v) is 5.46. The SMILES string of the molecule is CC(C)OCc1nc2ccc(CC(=O)O)cc2s1. The fourth-order valence-electron chi connectivity index (χ4n) is 1.60. The Hall–Kier alpha value is -1.46. The fraction of sp³-hybridized carbons (Fsp3) is 0.385. The highest BCUT2D eigenvalue weighted by Gasteiger charge is 2.07. The number of carbonyl (C=O) groups is 1. The van der Waals surface area contributed by atoms with Crippen molar-refractivity contribution >= 4 is 27.5 Å². The van der Waals surface area contributed by atoms with Gasteiger partial charge in [-0.3, -0.25) is 4.79 Å². The number of carboxylic acids is 1. The zero-order chi connectivity index (χ0) is 13.1. The molecule has 5 heteroatoms. The molecular weight excluding hydrogens is 250 g/mol. The Morgan fingerprint density at radius 1 is 1.50 bits per heavy atom. The number of rotatable bonds is 5. The molecule has 0 unspecified atom stereocenters. The lowest BCUT2D eigenvalue weighted by Gasteiger charge is -2.03. The van der Waals surface area contributed by atoms with Gasteiger partial charge in [0, 0.05) is 0 Å². The highest BCUT2D eigenvalue weighted by molar-refractivity contribution is 7.18. The number of thiazole rings is 1. The van der Waals surface area contributed by atoms with Gasteiger partial charge in [-0.05, 0) is 31.5 Å². The number of hydrogen-bond donors (Lipinski definition) is 1. The molecule has 0 aliphatic rings. The van der Waals surface area contributed by atoms with Crippen LogP contribution in [0.3, 0.4) is 0 Å². The minimum absolute atomic E-state index is 0.0473. The van der Waals surface area contributed by atoms with E-state index in [1.54, 1.807) is 11.3 Å².